The molecule has 0 bridgehead atoms. The third-order valence-electron chi connectivity index (χ3n) is 3.69. The molecule has 2 rings (SSSR count). The van der Waals surface area contributed by atoms with Crippen LogP contribution in [0.1, 0.15) is 40.3 Å². The number of esters is 3. The lowest BCUT2D eigenvalue weighted by Crippen LogP contribution is -2.19. The Morgan fingerprint density at radius 2 is 1.74 bits per heavy atom. The molecule has 164 valence electrons. The number of amides is 1. The molecule has 0 aliphatic rings. The molecule has 2 aromatic rings. The number of nitrogens with one attached hydrogen (secondary N) is 1. The van der Waals surface area contributed by atoms with Crippen molar-refractivity contribution in [3.8, 4) is 0 Å². The van der Waals surface area contributed by atoms with Crippen molar-refractivity contribution < 1.29 is 33.4 Å². The van der Waals surface area contributed by atoms with Gasteiger partial charge in [-0.1, -0.05) is 18.7 Å². The molecule has 1 N–H and O–H groups in total. The Labute approximate surface area is 183 Å². The first-order chi connectivity index (χ1) is 14.8. The molecule has 0 saturated carbocycles. The molecule has 0 aliphatic heterocycles. The molecular weight excluding hydrogens is 424 g/mol. The second-order valence-corrected chi connectivity index (χ2v) is 7.04. The SMILES string of the molecule is C=C(C)C(=O)OCCOC(=O)c1ccccc1C(=O)Nc1nc(CC(=O)OCC)cs1. The Morgan fingerprint density at radius 1 is 1.06 bits per heavy atom. The maximum absolute atomic E-state index is 12.6. The minimum atomic E-state index is -0.737. The standard InChI is InChI=1S/C21H22N2O7S/c1-4-28-17(24)11-14-12-31-21(22-14)23-18(25)15-7-5-6-8-16(15)20(27)30-10-9-29-19(26)13(2)3/h5-8,12H,2,4,9-11H2,1,3H3,(H,22,23,25). The van der Waals surface area contributed by atoms with Crippen LogP contribution in [0.25, 0.3) is 0 Å². The molecule has 1 aromatic carbocycles. The zero-order chi connectivity index (χ0) is 22.8. The van der Waals surface area contributed by atoms with Gasteiger partial charge in [0.05, 0.1) is 29.8 Å². The number of nitrogens with zero attached hydrogens (tertiary/aromatic N) is 1. The molecule has 0 saturated heterocycles. The minimum absolute atomic E-state index is 0.000917. The van der Waals surface area contributed by atoms with Gasteiger partial charge in [-0.2, -0.15) is 0 Å². The van der Waals surface area contributed by atoms with Crippen LogP contribution < -0.4 is 5.32 Å². The third-order valence-corrected chi connectivity index (χ3v) is 4.50. The summed E-state index contributed by atoms with van der Waals surface area (Å²) in [7, 11) is 0. The highest BCUT2D eigenvalue weighted by molar-refractivity contribution is 7.14. The first-order valence-corrected chi connectivity index (χ1v) is 10.2. The van der Waals surface area contributed by atoms with Crippen LogP contribution in [0, 0.1) is 0 Å². The van der Waals surface area contributed by atoms with Crippen molar-refractivity contribution in [3.05, 3.63) is 58.6 Å². The van der Waals surface area contributed by atoms with Gasteiger partial charge in [0.25, 0.3) is 5.91 Å². The quantitative estimate of drug-likeness (QED) is 0.256. The van der Waals surface area contributed by atoms with Gasteiger partial charge in [-0.25, -0.2) is 14.6 Å². The molecule has 9 nitrogen and oxygen atoms in total. The number of aromatic nitrogens is 1. The van der Waals surface area contributed by atoms with Crippen molar-refractivity contribution >= 4 is 40.3 Å². The molecule has 31 heavy (non-hydrogen) atoms. The highest BCUT2D eigenvalue weighted by Gasteiger charge is 2.19. The van der Waals surface area contributed by atoms with E-state index in [0.29, 0.717) is 5.69 Å². The average molecular weight is 446 g/mol. The van der Waals surface area contributed by atoms with Crippen LogP contribution in [-0.2, 0) is 30.2 Å². The zero-order valence-corrected chi connectivity index (χ0v) is 18.0. The Hall–Kier alpha value is -3.53. The van der Waals surface area contributed by atoms with Crippen molar-refractivity contribution in [1.29, 1.82) is 0 Å². The monoisotopic (exact) mass is 446 g/mol. The second kappa shape index (κ2) is 11.6. The van der Waals surface area contributed by atoms with Gasteiger partial charge in [0.15, 0.2) is 5.13 Å². The number of hydrogen-bond acceptors (Lipinski definition) is 9. The fourth-order valence-electron chi connectivity index (χ4n) is 2.30. The second-order valence-electron chi connectivity index (χ2n) is 6.18. The Kier molecular flexibility index (Phi) is 8.89. The molecule has 0 atom stereocenters. The van der Waals surface area contributed by atoms with E-state index in [1.54, 1.807) is 24.4 Å². The number of anilines is 1. The molecular formula is C21H22N2O7S. The van der Waals surface area contributed by atoms with E-state index < -0.39 is 23.8 Å². The summed E-state index contributed by atoms with van der Waals surface area (Å²) >= 11 is 1.15. The van der Waals surface area contributed by atoms with E-state index in [9.17, 15) is 19.2 Å². The van der Waals surface area contributed by atoms with E-state index in [1.165, 1.54) is 19.1 Å². The molecule has 1 amide bonds. The van der Waals surface area contributed by atoms with E-state index in [0.717, 1.165) is 11.3 Å². The number of ether oxygens (including phenoxy) is 3. The van der Waals surface area contributed by atoms with Crippen molar-refractivity contribution in [2.75, 3.05) is 25.1 Å². The van der Waals surface area contributed by atoms with Crippen molar-refractivity contribution in [2.24, 2.45) is 0 Å². The van der Waals surface area contributed by atoms with E-state index in [-0.39, 0.29) is 48.1 Å². The van der Waals surface area contributed by atoms with Crippen molar-refractivity contribution in [3.63, 3.8) is 0 Å². The van der Waals surface area contributed by atoms with E-state index in [2.05, 4.69) is 16.9 Å². The summed E-state index contributed by atoms with van der Waals surface area (Å²) in [6.07, 6.45) is -0.000917. The van der Waals surface area contributed by atoms with Crippen LogP contribution in [0.3, 0.4) is 0 Å². The molecule has 0 radical (unpaired) electrons. The number of carbonyl (C=O) groups is 4. The molecule has 0 fully saturated rings. The first kappa shape index (κ1) is 23.7. The number of benzene rings is 1. The summed E-state index contributed by atoms with van der Waals surface area (Å²) in [4.78, 5) is 52.0. The summed E-state index contributed by atoms with van der Waals surface area (Å²) in [5.74, 6) is -2.29. The van der Waals surface area contributed by atoms with Gasteiger partial charge in [-0.05, 0) is 26.0 Å². The number of carbonyl (C=O) groups excluding carboxylic acids is 4. The fourth-order valence-corrected chi connectivity index (χ4v) is 3.00. The molecule has 0 spiro atoms. The maximum Gasteiger partial charge on any atom is 0.339 e. The normalized spacial score (nSPS) is 10.1. The lowest BCUT2D eigenvalue weighted by molar-refractivity contribution is -0.142. The zero-order valence-electron chi connectivity index (χ0n) is 17.1. The number of rotatable bonds is 10. The third kappa shape index (κ3) is 7.34. The van der Waals surface area contributed by atoms with Gasteiger partial charge < -0.3 is 14.2 Å². The maximum atomic E-state index is 12.6. The Balaban J connectivity index is 1.97. The van der Waals surface area contributed by atoms with Crippen molar-refractivity contribution in [1.82, 2.24) is 4.98 Å². The molecule has 0 unspecified atom stereocenters. The largest absolute Gasteiger partial charge is 0.466 e. The molecule has 10 heteroatoms. The average Bonchev–Trinajstić information content (AvgIpc) is 3.17. The first-order valence-electron chi connectivity index (χ1n) is 9.32. The topological polar surface area (TPSA) is 121 Å². The van der Waals surface area contributed by atoms with Gasteiger partial charge in [0, 0.05) is 11.0 Å². The lowest BCUT2D eigenvalue weighted by Gasteiger charge is -2.09. The van der Waals surface area contributed by atoms with Crippen LogP contribution >= 0.6 is 11.3 Å². The van der Waals surface area contributed by atoms with Gasteiger partial charge in [0.2, 0.25) is 0 Å². The summed E-state index contributed by atoms with van der Waals surface area (Å²) in [6.45, 7) is 6.64. The van der Waals surface area contributed by atoms with E-state index >= 15 is 0 Å². The van der Waals surface area contributed by atoms with Gasteiger partial charge in [-0.3, -0.25) is 14.9 Å². The van der Waals surface area contributed by atoms with Crippen LogP contribution in [0.4, 0.5) is 5.13 Å². The predicted octanol–water partition coefficient (Wildman–Crippen LogP) is 2.78. The van der Waals surface area contributed by atoms with Crippen LogP contribution in [-0.4, -0.2) is 48.6 Å². The van der Waals surface area contributed by atoms with Gasteiger partial charge in [0.1, 0.15) is 13.2 Å². The molecule has 1 heterocycles. The highest BCUT2D eigenvalue weighted by atomic mass is 32.1. The Morgan fingerprint density at radius 3 is 2.42 bits per heavy atom. The van der Waals surface area contributed by atoms with Gasteiger partial charge >= 0.3 is 17.9 Å². The fraction of sp³-hybridized carbons (Fsp3) is 0.286. The lowest BCUT2D eigenvalue weighted by atomic mass is 10.1. The Bertz CT molecular complexity index is 984. The van der Waals surface area contributed by atoms with Crippen LogP contribution in [0.15, 0.2) is 41.8 Å². The van der Waals surface area contributed by atoms with Crippen LogP contribution in [0.2, 0.25) is 0 Å². The smallest absolute Gasteiger partial charge is 0.339 e. The summed E-state index contributed by atoms with van der Waals surface area (Å²) in [5, 5.41) is 4.52. The summed E-state index contributed by atoms with van der Waals surface area (Å²) in [5.41, 5.74) is 0.847. The molecule has 1 aromatic heterocycles. The predicted molar refractivity (Wildman–Crippen MR) is 113 cm³/mol. The number of hydrogen-bond donors (Lipinski definition) is 1. The summed E-state index contributed by atoms with van der Waals surface area (Å²) < 4.78 is 14.8. The van der Waals surface area contributed by atoms with E-state index in [4.69, 9.17) is 14.2 Å². The van der Waals surface area contributed by atoms with Crippen LogP contribution in [0.5, 0.6) is 0 Å². The van der Waals surface area contributed by atoms with Crippen molar-refractivity contribution in [2.45, 2.75) is 20.3 Å². The molecule has 0 aliphatic carbocycles. The summed E-state index contributed by atoms with van der Waals surface area (Å²) in [6, 6.07) is 6.12. The number of thiazole rings is 1. The van der Waals surface area contributed by atoms with Gasteiger partial charge in [-0.15, -0.1) is 11.3 Å². The highest BCUT2D eigenvalue weighted by Crippen LogP contribution is 2.19. The minimum Gasteiger partial charge on any atom is -0.466 e. The van der Waals surface area contributed by atoms with E-state index in [1.807, 2.05) is 0 Å².